The average Bonchev–Trinajstić information content (AvgIpc) is 3.19. The Labute approximate surface area is 203 Å². The van der Waals surface area contributed by atoms with E-state index in [0.29, 0.717) is 11.6 Å². The number of benzene rings is 2. The van der Waals surface area contributed by atoms with Crippen molar-refractivity contribution >= 4 is 62.3 Å². The third-order valence-electron chi connectivity index (χ3n) is 5.53. The SMILES string of the molecule is COc1ccc2nc(NC(=O)CCCCN3CCN(c4ccc(Cl)cc4)CC3)sc2c1.Cl. The molecule has 0 bridgehead atoms. The normalized spacial score (nSPS) is 14.2. The molecule has 0 spiro atoms. The Morgan fingerprint density at radius 3 is 2.59 bits per heavy atom. The molecule has 1 amide bonds. The number of unbranched alkanes of at least 4 members (excludes halogenated alkanes) is 1. The zero-order chi connectivity index (χ0) is 21.6. The second-order valence-electron chi connectivity index (χ2n) is 7.66. The molecular weight excluding hydrogens is 467 g/mol. The van der Waals surface area contributed by atoms with Gasteiger partial charge in [0, 0.05) is 43.3 Å². The molecule has 0 atom stereocenters. The summed E-state index contributed by atoms with van der Waals surface area (Å²) in [5.41, 5.74) is 2.10. The smallest absolute Gasteiger partial charge is 0.226 e. The summed E-state index contributed by atoms with van der Waals surface area (Å²) in [6.45, 7) is 5.16. The van der Waals surface area contributed by atoms with Crippen LogP contribution >= 0.6 is 35.3 Å². The maximum absolute atomic E-state index is 12.3. The largest absolute Gasteiger partial charge is 0.497 e. The Morgan fingerprint density at radius 1 is 1.12 bits per heavy atom. The Hall–Kier alpha value is -2.06. The summed E-state index contributed by atoms with van der Waals surface area (Å²) in [5.74, 6) is 0.821. The van der Waals surface area contributed by atoms with Crippen molar-refractivity contribution in [3.05, 3.63) is 47.5 Å². The minimum atomic E-state index is 0. The zero-order valence-electron chi connectivity index (χ0n) is 18.1. The zero-order valence-corrected chi connectivity index (χ0v) is 20.4. The second kappa shape index (κ2) is 11.7. The summed E-state index contributed by atoms with van der Waals surface area (Å²) < 4.78 is 6.25. The van der Waals surface area contributed by atoms with Gasteiger partial charge >= 0.3 is 0 Å². The van der Waals surface area contributed by atoms with Crippen molar-refractivity contribution in [2.75, 3.05) is 50.1 Å². The fourth-order valence-corrected chi connectivity index (χ4v) is 4.81. The number of nitrogens with zero attached hydrogens (tertiary/aromatic N) is 3. The predicted octanol–water partition coefficient (Wildman–Crippen LogP) is 5.31. The Morgan fingerprint density at radius 2 is 1.88 bits per heavy atom. The number of carbonyl (C=O) groups excluding carboxylic acids is 1. The number of piperazine rings is 1. The van der Waals surface area contributed by atoms with Gasteiger partial charge in [-0.15, -0.1) is 12.4 Å². The first-order valence-electron chi connectivity index (χ1n) is 10.6. The van der Waals surface area contributed by atoms with Crippen molar-refractivity contribution in [3.63, 3.8) is 0 Å². The monoisotopic (exact) mass is 494 g/mol. The minimum absolute atomic E-state index is 0. The van der Waals surface area contributed by atoms with E-state index in [9.17, 15) is 4.79 Å². The molecule has 0 unspecified atom stereocenters. The molecule has 1 aromatic heterocycles. The molecule has 0 radical (unpaired) electrons. The van der Waals surface area contributed by atoms with Crippen LogP contribution in [0.3, 0.4) is 0 Å². The van der Waals surface area contributed by atoms with Crippen LogP contribution in [0.1, 0.15) is 19.3 Å². The van der Waals surface area contributed by atoms with E-state index in [0.717, 1.165) is 66.6 Å². The summed E-state index contributed by atoms with van der Waals surface area (Å²) in [6.07, 6.45) is 2.41. The molecule has 1 aliphatic rings. The highest BCUT2D eigenvalue weighted by atomic mass is 35.5. The summed E-state index contributed by atoms with van der Waals surface area (Å²) in [4.78, 5) is 21.6. The van der Waals surface area contributed by atoms with Crippen LogP contribution in [0, 0.1) is 0 Å². The van der Waals surface area contributed by atoms with Crippen LogP contribution in [0.25, 0.3) is 10.2 Å². The van der Waals surface area contributed by atoms with Gasteiger partial charge in [0.15, 0.2) is 5.13 Å². The van der Waals surface area contributed by atoms with Crippen LogP contribution in [-0.4, -0.2) is 55.6 Å². The van der Waals surface area contributed by atoms with Crippen LogP contribution in [0.15, 0.2) is 42.5 Å². The predicted molar refractivity (Wildman–Crippen MR) is 136 cm³/mol. The van der Waals surface area contributed by atoms with Gasteiger partial charge in [0.1, 0.15) is 5.75 Å². The van der Waals surface area contributed by atoms with E-state index >= 15 is 0 Å². The van der Waals surface area contributed by atoms with E-state index in [2.05, 4.69) is 32.2 Å². The highest BCUT2D eigenvalue weighted by Gasteiger charge is 2.17. The number of methoxy groups -OCH3 is 1. The molecule has 1 aliphatic heterocycles. The van der Waals surface area contributed by atoms with Gasteiger partial charge in [0.2, 0.25) is 5.91 Å². The third kappa shape index (κ3) is 6.48. The fraction of sp³-hybridized carbons (Fsp3) is 0.391. The summed E-state index contributed by atoms with van der Waals surface area (Å²) in [7, 11) is 1.64. The Balaban J connectivity index is 0.00000289. The lowest BCUT2D eigenvalue weighted by Crippen LogP contribution is -2.46. The number of carbonyl (C=O) groups is 1. The number of aromatic nitrogens is 1. The van der Waals surface area contributed by atoms with E-state index in [1.165, 1.54) is 17.0 Å². The lowest BCUT2D eigenvalue weighted by molar-refractivity contribution is -0.116. The first-order valence-corrected chi connectivity index (χ1v) is 11.8. The molecule has 3 aromatic rings. The summed E-state index contributed by atoms with van der Waals surface area (Å²) >= 11 is 7.45. The minimum Gasteiger partial charge on any atom is -0.497 e. The number of halogens is 2. The second-order valence-corrected chi connectivity index (χ2v) is 9.13. The van der Waals surface area contributed by atoms with Crippen LogP contribution in [0.4, 0.5) is 10.8 Å². The maximum atomic E-state index is 12.3. The van der Waals surface area contributed by atoms with Crippen LogP contribution in [-0.2, 0) is 4.79 Å². The van der Waals surface area contributed by atoms with Crippen molar-refractivity contribution < 1.29 is 9.53 Å². The van der Waals surface area contributed by atoms with Crippen molar-refractivity contribution in [3.8, 4) is 5.75 Å². The topological polar surface area (TPSA) is 57.7 Å². The molecule has 1 N–H and O–H groups in total. The van der Waals surface area contributed by atoms with Crippen LogP contribution in [0.2, 0.25) is 5.02 Å². The Bertz CT molecular complexity index is 1020. The standard InChI is InChI=1S/C23H27ClN4O2S.ClH/c1-30-19-9-10-20-21(16-19)31-23(25-20)26-22(29)4-2-3-11-27-12-14-28(15-13-27)18-7-5-17(24)6-8-18;/h5-10,16H,2-4,11-15H2,1H3,(H,25,26,29);1H. The molecular formula is C23H28Cl2N4O2S. The van der Waals surface area contributed by atoms with E-state index in [1.54, 1.807) is 7.11 Å². The number of amides is 1. The van der Waals surface area contributed by atoms with Gasteiger partial charge in [-0.1, -0.05) is 22.9 Å². The number of fused-ring (bicyclic) bond motifs is 1. The molecule has 172 valence electrons. The third-order valence-corrected chi connectivity index (χ3v) is 6.72. The van der Waals surface area contributed by atoms with Gasteiger partial charge in [0.25, 0.3) is 0 Å². The van der Waals surface area contributed by atoms with Crippen LogP contribution < -0.4 is 15.0 Å². The number of nitrogens with one attached hydrogen (secondary N) is 1. The van der Waals surface area contributed by atoms with Crippen molar-refractivity contribution in [2.24, 2.45) is 0 Å². The highest BCUT2D eigenvalue weighted by Crippen LogP contribution is 2.29. The first-order chi connectivity index (χ1) is 15.1. The molecule has 0 aliphatic carbocycles. The van der Waals surface area contributed by atoms with Crippen LogP contribution in [0.5, 0.6) is 5.75 Å². The number of ether oxygens (including phenoxy) is 1. The molecule has 2 heterocycles. The van der Waals surface area contributed by atoms with E-state index < -0.39 is 0 Å². The van der Waals surface area contributed by atoms with Gasteiger partial charge in [-0.2, -0.15) is 0 Å². The quantitative estimate of drug-likeness (QED) is 0.429. The molecule has 4 rings (SSSR count). The molecule has 9 heteroatoms. The average molecular weight is 495 g/mol. The van der Waals surface area contributed by atoms with Gasteiger partial charge < -0.3 is 15.0 Å². The lowest BCUT2D eigenvalue weighted by Gasteiger charge is -2.36. The molecule has 1 saturated heterocycles. The maximum Gasteiger partial charge on any atom is 0.226 e. The van der Waals surface area contributed by atoms with E-state index in [1.807, 2.05) is 30.3 Å². The van der Waals surface area contributed by atoms with E-state index in [4.69, 9.17) is 16.3 Å². The highest BCUT2D eigenvalue weighted by molar-refractivity contribution is 7.22. The van der Waals surface area contributed by atoms with E-state index in [-0.39, 0.29) is 18.3 Å². The van der Waals surface area contributed by atoms with Crippen molar-refractivity contribution in [1.29, 1.82) is 0 Å². The molecule has 6 nitrogen and oxygen atoms in total. The first kappa shape index (κ1) is 24.6. The van der Waals surface area contributed by atoms with Crippen molar-refractivity contribution in [2.45, 2.75) is 19.3 Å². The van der Waals surface area contributed by atoms with Gasteiger partial charge in [-0.3, -0.25) is 9.69 Å². The number of thiazole rings is 1. The number of hydrogen-bond acceptors (Lipinski definition) is 6. The van der Waals surface area contributed by atoms with Gasteiger partial charge in [0.05, 0.1) is 17.3 Å². The Kier molecular flexibility index (Phi) is 8.99. The number of rotatable bonds is 8. The molecule has 2 aromatic carbocycles. The van der Waals surface area contributed by atoms with Gasteiger partial charge in [-0.05, 0) is 61.9 Å². The molecule has 32 heavy (non-hydrogen) atoms. The number of anilines is 2. The summed E-state index contributed by atoms with van der Waals surface area (Å²) in [6, 6.07) is 13.8. The van der Waals surface area contributed by atoms with Gasteiger partial charge in [-0.25, -0.2) is 4.98 Å². The molecule has 1 fully saturated rings. The summed E-state index contributed by atoms with van der Waals surface area (Å²) in [5, 5.41) is 4.35. The van der Waals surface area contributed by atoms with Crippen molar-refractivity contribution in [1.82, 2.24) is 9.88 Å². The fourth-order valence-electron chi connectivity index (χ4n) is 3.77. The number of hydrogen-bond donors (Lipinski definition) is 1. The lowest BCUT2D eigenvalue weighted by atomic mass is 10.2. The molecule has 0 saturated carbocycles.